The maximum Gasteiger partial charge on any atom is 0.161 e. The molecule has 0 spiro atoms. The molecule has 1 aromatic heterocycles. The van der Waals surface area contributed by atoms with Gasteiger partial charge in [0.05, 0.1) is 25.3 Å². The lowest BCUT2D eigenvalue weighted by Crippen LogP contribution is -1.99. The van der Waals surface area contributed by atoms with Crippen molar-refractivity contribution >= 4 is 15.9 Å². The van der Waals surface area contributed by atoms with Crippen LogP contribution in [0.5, 0.6) is 11.5 Å². The van der Waals surface area contributed by atoms with E-state index in [2.05, 4.69) is 15.9 Å². The first kappa shape index (κ1) is 14.0. The van der Waals surface area contributed by atoms with Gasteiger partial charge in [0, 0.05) is 0 Å². The van der Waals surface area contributed by atoms with Gasteiger partial charge < -0.3 is 13.9 Å². The van der Waals surface area contributed by atoms with Crippen molar-refractivity contribution in [2.45, 2.75) is 18.7 Å². The summed E-state index contributed by atoms with van der Waals surface area (Å²) >= 11 is 3.69. The molecule has 0 radical (unpaired) electrons. The molecule has 0 amide bonds. The summed E-state index contributed by atoms with van der Waals surface area (Å²) in [6.45, 7) is 4.08. The predicted molar refractivity (Wildman–Crippen MR) is 78.5 cm³/mol. The molecule has 4 heteroatoms. The highest BCUT2D eigenvalue weighted by molar-refractivity contribution is 9.09. The number of hydrogen-bond acceptors (Lipinski definition) is 3. The maximum atomic E-state index is 5.55. The molecular weight excluding hydrogens is 308 g/mol. The number of furan rings is 1. The van der Waals surface area contributed by atoms with Crippen LogP contribution in [0.2, 0.25) is 0 Å². The second-order valence-electron chi connectivity index (χ2n) is 4.39. The third-order valence-corrected chi connectivity index (χ3v) is 4.09. The smallest absolute Gasteiger partial charge is 0.161 e. The molecule has 0 aliphatic heterocycles. The van der Waals surface area contributed by atoms with Gasteiger partial charge in [0.1, 0.15) is 5.76 Å². The van der Waals surface area contributed by atoms with E-state index in [1.165, 1.54) is 0 Å². The minimum atomic E-state index is 0.00214. The number of hydrogen-bond donors (Lipinski definition) is 0. The number of aryl methyl sites for hydroxylation is 2. The highest BCUT2D eigenvalue weighted by Gasteiger charge is 2.20. The fourth-order valence-electron chi connectivity index (χ4n) is 2.05. The summed E-state index contributed by atoms with van der Waals surface area (Å²) in [4.78, 5) is 0.00214. The van der Waals surface area contributed by atoms with E-state index in [0.29, 0.717) is 0 Å². The van der Waals surface area contributed by atoms with Crippen molar-refractivity contribution in [3.63, 3.8) is 0 Å². The topological polar surface area (TPSA) is 31.6 Å². The summed E-state index contributed by atoms with van der Waals surface area (Å²) < 4.78 is 16.2. The lowest BCUT2D eigenvalue weighted by atomic mass is 10.0. The molecule has 1 unspecified atom stereocenters. The van der Waals surface area contributed by atoms with E-state index in [4.69, 9.17) is 13.9 Å². The molecule has 19 heavy (non-hydrogen) atoms. The minimum Gasteiger partial charge on any atom is -0.493 e. The normalized spacial score (nSPS) is 12.3. The van der Waals surface area contributed by atoms with Crippen LogP contribution in [0.15, 0.2) is 28.9 Å². The van der Waals surface area contributed by atoms with Crippen LogP contribution in [-0.4, -0.2) is 14.2 Å². The fourth-order valence-corrected chi connectivity index (χ4v) is 3.02. The Balaban J connectivity index is 2.48. The molecule has 1 aromatic carbocycles. The van der Waals surface area contributed by atoms with Crippen molar-refractivity contribution in [2.24, 2.45) is 0 Å². The van der Waals surface area contributed by atoms with E-state index in [0.717, 1.165) is 33.9 Å². The fraction of sp³-hybridized carbons (Fsp3) is 0.333. The van der Waals surface area contributed by atoms with E-state index in [-0.39, 0.29) is 4.83 Å². The van der Waals surface area contributed by atoms with Crippen molar-refractivity contribution in [3.05, 3.63) is 46.9 Å². The molecule has 0 N–H and O–H groups in total. The van der Waals surface area contributed by atoms with Crippen LogP contribution in [0.3, 0.4) is 0 Å². The molecule has 1 heterocycles. The van der Waals surface area contributed by atoms with Crippen molar-refractivity contribution < 1.29 is 13.9 Å². The predicted octanol–water partition coefficient (Wildman–Crippen LogP) is 4.40. The van der Waals surface area contributed by atoms with Gasteiger partial charge in [-0.2, -0.15) is 0 Å². The van der Waals surface area contributed by atoms with Gasteiger partial charge >= 0.3 is 0 Å². The standard InChI is InChI=1S/C15H17BrO3/c1-9-5-6-19-15(9)14(16)11-8-13(18-4)12(17-3)7-10(11)2/h5-8,14H,1-4H3. The summed E-state index contributed by atoms with van der Waals surface area (Å²) in [7, 11) is 3.28. The maximum absolute atomic E-state index is 5.55. The number of benzene rings is 1. The Labute approximate surface area is 121 Å². The van der Waals surface area contributed by atoms with Gasteiger partial charge in [-0.1, -0.05) is 15.9 Å². The van der Waals surface area contributed by atoms with Crippen molar-refractivity contribution in [1.82, 2.24) is 0 Å². The molecule has 2 rings (SSSR count). The molecule has 3 nitrogen and oxygen atoms in total. The summed E-state index contributed by atoms with van der Waals surface area (Å²) in [5.74, 6) is 2.37. The number of methoxy groups -OCH3 is 2. The first-order chi connectivity index (χ1) is 9.08. The Kier molecular flexibility index (Phi) is 4.20. The molecular formula is C15H17BrO3. The molecule has 0 fully saturated rings. The Morgan fingerprint density at radius 2 is 1.68 bits per heavy atom. The first-order valence-electron chi connectivity index (χ1n) is 5.99. The molecule has 0 aliphatic carbocycles. The minimum absolute atomic E-state index is 0.00214. The van der Waals surface area contributed by atoms with Gasteiger partial charge in [-0.15, -0.1) is 0 Å². The summed E-state index contributed by atoms with van der Waals surface area (Å²) in [6, 6.07) is 5.91. The van der Waals surface area contributed by atoms with Gasteiger partial charge in [-0.25, -0.2) is 0 Å². The lowest BCUT2D eigenvalue weighted by molar-refractivity contribution is 0.354. The van der Waals surface area contributed by atoms with Crippen LogP contribution >= 0.6 is 15.9 Å². The van der Waals surface area contributed by atoms with Gasteiger partial charge in [-0.05, 0) is 48.7 Å². The second-order valence-corrected chi connectivity index (χ2v) is 5.31. The van der Waals surface area contributed by atoms with Crippen molar-refractivity contribution in [1.29, 1.82) is 0 Å². The third-order valence-electron chi connectivity index (χ3n) is 3.18. The van der Waals surface area contributed by atoms with Gasteiger partial charge in [-0.3, -0.25) is 0 Å². The van der Waals surface area contributed by atoms with Crippen LogP contribution in [0.4, 0.5) is 0 Å². The van der Waals surface area contributed by atoms with Gasteiger partial charge in [0.2, 0.25) is 0 Å². The summed E-state index contributed by atoms with van der Waals surface area (Å²) in [5.41, 5.74) is 3.35. The molecule has 2 aromatic rings. The van der Waals surface area contributed by atoms with Crippen molar-refractivity contribution in [3.8, 4) is 11.5 Å². The van der Waals surface area contributed by atoms with E-state index >= 15 is 0 Å². The zero-order valence-electron chi connectivity index (χ0n) is 11.5. The highest BCUT2D eigenvalue weighted by atomic mass is 79.9. The van der Waals surface area contributed by atoms with Crippen molar-refractivity contribution in [2.75, 3.05) is 14.2 Å². The van der Waals surface area contributed by atoms with Crippen LogP contribution in [0.25, 0.3) is 0 Å². The van der Waals surface area contributed by atoms with Crippen LogP contribution in [0.1, 0.15) is 27.3 Å². The van der Waals surface area contributed by atoms with E-state index in [1.807, 2.05) is 32.0 Å². The zero-order chi connectivity index (χ0) is 14.0. The largest absolute Gasteiger partial charge is 0.493 e. The number of rotatable bonds is 4. The first-order valence-corrected chi connectivity index (χ1v) is 6.90. The molecule has 1 atom stereocenters. The third kappa shape index (κ3) is 2.63. The molecule has 0 saturated heterocycles. The Hall–Kier alpha value is -1.42. The SMILES string of the molecule is COc1cc(C)c(C(Br)c2occc2C)cc1OC. The van der Waals surface area contributed by atoms with E-state index in [1.54, 1.807) is 20.5 Å². The van der Waals surface area contributed by atoms with Gasteiger partial charge in [0.15, 0.2) is 11.5 Å². The second kappa shape index (κ2) is 5.70. The van der Waals surface area contributed by atoms with Crippen LogP contribution < -0.4 is 9.47 Å². The number of ether oxygens (including phenoxy) is 2. The van der Waals surface area contributed by atoms with Gasteiger partial charge in [0.25, 0.3) is 0 Å². The molecule has 0 aliphatic rings. The monoisotopic (exact) mass is 324 g/mol. The lowest BCUT2D eigenvalue weighted by Gasteiger charge is -2.16. The Bertz CT molecular complexity index is 575. The van der Waals surface area contributed by atoms with E-state index in [9.17, 15) is 0 Å². The van der Waals surface area contributed by atoms with E-state index < -0.39 is 0 Å². The number of alkyl halides is 1. The summed E-state index contributed by atoms with van der Waals surface area (Å²) in [5, 5.41) is 0. The Morgan fingerprint density at radius 1 is 1.05 bits per heavy atom. The molecule has 0 saturated carbocycles. The number of halogens is 1. The molecule has 102 valence electrons. The average Bonchev–Trinajstić information content (AvgIpc) is 2.83. The highest BCUT2D eigenvalue weighted by Crippen LogP contribution is 2.40. The average molecular weight is 325 g/mol. The van der Waals surface area contributed by atoms with Crippen LogP contribution in [0, 0.1) is 13.8 Å². The zero-order valence-corrected chi connectivity index (χ0v) is 13.1. The Morgan fingerprint density at radius 3 is 2.21 bits per heavy atom. The van der Waals surface area contributed by atoms with Crippen LogP contribution in [-0.2, 0) is 0 Å². The molecule has 0 bridgehead atoms. The quantitative estimate of drug-likeness (QED) is 0.781. The summed E-state index contributed by atoms with van der Waals surface area (Å²) in [6.07, 6.45) is 1.70.